The van der Waals surface area contributed by atoms with Crippen molar-refractivity contribution in [3.63, 3.8) is 0 Å². The van der Waals surface area contributed by atoms with Gasteiger partial charge in [0.2, 0.25) is 5.91 Å². The maximum Gasteiger partial charge on any atom is 0.219 e. The summed E-state index contributed by atoms with van der Waals surface area (Å²) in [5, 5.41) is 2.58. The topological polar surface area (TPSA) is 29.1 Å². The normalized spacial score (nSPS) is 9.40. The fourth-order valence-corrected chi connectivity index (χ4v) is 0.923. The van der Waals surface area contributed by atoms with Gasteiger partial charge in [-0.2, -0.15) is 12.6 Å². The molecule has 3 heteroatoms. The van der Waals surface area contributed by atoms with Gasteiger partial charge in [0.05, 0.1) is 0 Å². The van der Waals surface area contributed by atoms with Gasteiger partial charge < -0.3 is 5.32 Å². The maximum absolute atomic E-state index is 10.6. The van der Waals surface area contributed by atoms with Crippen LogP contribution in [-0.4, -0.2) is 18.7 Å². The third-order valence-electron chi connectivity index (χ3n) is 1.34. The quantitative estimate of drug-likeness (QED) is 0.461. The predicted octanol–water partition coefficient (Wildman–Crippen LogP) is 1.22. The Hall–Kier alpha value is -0.180. The number of unbranched alkanes of at least 4 members (excludes halogenated alkanes) is 2. The number of hydrogen-bond donors (Lipinski definition) is 2. The number of carbonyl (C=O) groups excluding carboxylic acids is 1. The van der Waals surface area contributed by atoms with E-state index in [1.165, 1.54) is 0 Å². The lowest BCUT2D eigenvalue weighted by Crippen LogP contribution is -2.16. The molecule has 1 amide bonds. The summed E-state index contributed by atoms with van der Waals surface area (Å²) in [5.74, 6) is 1.06. The van der Waals surface area contributed by atoms with Crippen molar-refractivity contribution < 1.29 is 4.79 Å². The first-order valence-corrected chi connectivity index (χ1v) is 4.26. The Balaban J connectivity index is 2.96. The van der Waals surface area contributed by atoms with Gasteiger partial charge in [-0.1, -0.05) is 6.42 Å². The van der Waals surface area contributed by atoms with Crippen LogP contribution < -0.4 is 5.32 Å². The largest absolute Gasteiger partial charge is 0.359 e. The van der Waals surface area contributed by atoms with Crippen LogP contribution in [0.3, 0.4) is 0 Å². The zero-order valence-electron chi connectivity index (χ0n) is 6.39. The highest BCUT2D eigenvalue weighted by molar-refractivity contribution is 7.80. The summed E-state index contributed by atoms with van der Waals surface area (Å²) in [6.07, 6.45) is 3.86. The lowest BCUT2D eigenvalue weighted by molar-refractivity contribution is -0.120. The van der Waals surface area contributed by atoms with Crippen LogP contribution in [0.2, 0.25) is 0 Å². The highest BCUT2D eigenvalue weighted by atomic mass is 32.1. The molecule has 0 bridgehead atoms. The second kappa shape index (κ2) is 6.93. The van der Waals surface area contributed by atoms with Crippen molar-refractivity contribution in [2.45, 2.75) is 25.7 Å². The first-order chi connectivity index (χ1) is 4.81. The van der Waals surface area contributed by atoms with Crippen molar-refractivity contribution in [1.29, 1.82) is 0 Å². The molecule has 0 radical (unpaired) electrons. The van der Waals surface area contributed by atoms with Crippen LogP contribution in [-0.2, 0) is 4.79 Å². The molecule has 60 valence electrons. The zero-order valence-corrected chi connectivity index (χ0v) is 7.29. The van der Waals surface area contributed by atoms with Gasteiger partial charge in [0.1, 0.15) is 0 Å². The molecule has 0 saturated heterocycles. The fraction of sp³-hybridized carbons (Fsp3) is 0.857. The van der Waals surface area contributed by atoms with Crippen LogP contribution in [0.1, 0.15) is 25.7 Å². The molecular formula is C7H15NOS. The number of amides is 1. The van der Waals surface area contributed by atoms with Crippen molar-refractivity contribution in [3.8, 4) is 0 Å². The lowest BCUT2D eigenvalue weighted by Gasteiger charge is -1.97. The molecule has 0 atom stereocenters. The van der Waals surface area contributed by atoms with E-state index >= 15 is 0 Å². The minimum atomic E-state index is 0.138. The lowest BCUT2D eigenvalue weighted by atomic mass is 10.2. The SMILES string of the molecule is CNC(=O)CCCCCS. The van der Waals surface area contributed by atoms with E-state index in [1.54, 1.807) is 7.05 Å². The van der Waals surface area contributed by atoms with E-state index < -0.39 is 0 Å². The van der Waals surface area contributed by atoms with E-state index in [0.29, 0.717) is 6.42 Å². The van der Waals surface area contributed by atoms with Crippen molar-refractivity contribution in [2.75, 3.05) is 12.8 Å². The van der Waals surface area contributed by atoms with Crippen LogP contribution in [0.5, 0.6) is 0 Å². The molecule has 1 N–H and O–H groups in total. The molecule has 2 nitrogen and oxygen atoms in total. The van der Waals surface area contributed by atoms with E-state index in [2.05, 4.69) is 17.9 Å². The minimum absolute atomic E-state index is 0.138. The Morgan fingerprint density at radius 3 is 2.60 bits per heavy atom. The van der Waals surface area contributed by atoms with E-state index in [1.807, 2.05) is 0 Å². The molecule has 0 aromatic rings. The Kier molecular flexibility index (Phi) is 6.81. The molecule has 0 aromatic heterocycles. The predicted molar refractivity (Wildman–Crippen MR) is 46.4 cm³/mol. The third-order valence-corrected chi connectivity index (χ3v) is 1.66. The molecule has 0 spiro atoms. The molecular weight excluding hydrogens is 146 g/mol. The summed E-state index contributed by atoms with van der Waals surface area (Å²) < 4.78 is 0. The smallest absolute Gasteiger partial charge is 0.219 e. The average molecular weight is 161 g/mol. The zero-order chi connectivity index (χ0) is 7.82. The molecule has 0 unspecified atom stereocenters. The molecule has 0 aliphatic heterocycles. The van der Waals surface area contributed by atoms with Crippen molar-refractivity contribution in [2.24, 2.45) is 0 Å². The number of nitrogens with one attached hydrogen (secondary N) is 1. The van der Waals surface area contributed by atoms with Gasteiger partial charge in [-0.15, -0.1) is 0 Å². The highest BCUT2D eigenvalue weighted by Gasteiger charge is 1.95. The molecule has 0 heterocycles. The van der Waals surface area contributed by atoms with E-state index in [-0.39, 0.29) is 5.91 Å². The average Bonchev–Trinajstić information content (AvgIpc) is 1.98. The van der Waals surface area contributed by atoms with E-state index in [9.17, 15) is 4.79 Å². The number of rotatable bonds is 5. The summed E-state index contributed by atoms with van der Waals surface area (Å²) in [4.78, 5) is 10.6. The number of carbonyl (C=O) groups is 1. The fourth-order valence-electron chi connectivity index (χ4n) is 0.699. The summed E-state index contributed by atoms with van der Waals surface area (Å²) in [6, 6.07) is 0. The molecule has 10 heavy (non-hydrogen) atoms. The molecule has 0 aliphatic carbocycles. The van der Waals surface area contributed by atoms with Crippen LogP contribution in [0, 0.1) is 0 Å². The molecule has 0 rings (SSSR count). The Morgan fingerprint density at radius 2 is 2.10 bits per heavy atom. The first kappa shape index (κ1) is 9.82. The van der Waals surface area contributed by atoms with Gasteiger partial charge in [0, 0.05) is 13.5 Å². The summed E-state index contributed by atoms with van der Waals surface area (Å²) in [6.45, 7) is 0. The van der Waals surface area contributed by atoms with Gasteiger partial charge in [0.25, 0.3) is 0 Å². The summed E-state index contributed by atoms with van der Waals surface area (Å²) in [5.41, 5.74) is 0. The van der Waals surface area contributed by atoms with Gasteiger partial charge >= 0.3 is 0 Å². The highest BCUT2D eigenvalue weighted by Crippen LogP contribution is 1.99. The van der Waals surface area contributed by atoms with Crippen LogP contribution in [0.25, 0.3) is 0 Å². The van der Waals surface area contributed by atoms with Crippen LogP contribution >= 0.6 is 12.6 Å². The second-order valence-electron chi connectivity index (χ2n) is 2.21. The standard InChI is InChI=1S/C7H15NOS/c1-8-7(9)5-3-2-4-6-10/h10H,2-6H2,1H3,(H,8,9). The van der Waals surface area contributed by atoms with Gasteiger partial charge in [-0.25, -0.2) is 0 Å². The Morgan fingerprint density at radius 1 is 1.40 bits per heavy atom. The van der Waals surface area contributed by atoms with Crippen LogP contribution in [0.15, 0.2) is 0 Å². The number of hydrogen-bond acceptors (Lipinski definition) is 2. The molecule has 0 saturated carbocycles. The summed E-state index contributed by atoms with van der Waals surface area (Å²) in [7, 11) is 1.67. The van der Waals surface area contributed by atoms with Gasteiger partial charge in [-0.05, 0) is 18.6 Å². The van der Waals surface area contributed by atoms with Gasteiger partial charge in [0.15, 0.2) is 0 Å². The van der Waals surface area contributed by atoms with Crippen LogP contribution in [0.4, 0.5) is 0 Å². The molecule has 0 fully saturated rings. The second-order valence-corrected chi connectivity index (χ2v) is 2.65. The van der Waals surface area contributed by atoms with Crippen molar-refractivity contribution >= 4 is 18.5 Å². The van der Waals surface area contributed by atoms with E-state index in [0.717, 1.165) is 25.0 Å². The number of thiol groups is 1. The van der Waals surface area contributed by atoms with Gasteiger partial charge in [-0.3, -0.25) is 4.79 Å². The first-order valence-electron chi connectivity index (χ1n) is 3.62. The Bertz CT molecular complexity index is 95.6. The third kappa shape index (κ3) is 5.95. The monoisotopic (exact) mass is 161 g/mol. The minimum Gasteiger partial charge on any atom is -0.359 e. The van der Waals surface area contributed by atoms with E-state index in [4.69, 9.17) is 0 Å². The summed E-state index contributed by atoms with van der Waals surface area (Å²) >= 11 is 4.07. The van der Waals surface area contributed by atoms with Crippen molar-refractivity contribution in [1.82, 2.24) is 5.32 Å². The van der Waals surface area contributed by atoms with Crippen molar-refractivity contribution in [3.05, 3.63) is 0 Å². The molecule has 0 aliphatic rings. The Labute approximate surface area is 67.8 Å². The maximum atomic E-state index is 10.6. The molecule has 0 aromatic carbocycles.